The Hall–Kier alpha value is -2.89. The molecule has 0 atom stereocenters. The summed E-state index contributed by atoms with van der Waals surface area (Å²) in [4.78, 5) is 12.3. The number of hydrogen-bond donors (Lipinski definition) is 2. The summed E-state index contributed by atoms with van der Waals surface area (Å²) >= 11 is 6.97. The van der Waals surface area contributed by atoms with Gasteiger partial charge < -0.3 is 14.6 Å². The minimum absolute atomic E-state index is 0.0177. The number of ether oxygens (including phenoxy) is 1. The summed E-state index contributed by atoms with van der Waals surface area (Å²) in [5.41, 5.74) is 0.433. The van der Waals surface area contributed by atoms with Gasteiger partial charge in [-0.05, 0) is 76.1 Å². The Morgan fingerprint density at radius 1 is 1.06 bits per heavy atom. The van der Waals surface area contributed by atoms with E-state index in [0.29, 0.717) is 17.2 Å². The van der Waals surface area contributed by atoms with Crippen LogP contribution in [0, 0.1) is 6.92 Å². The molecule has 0 aliphatic carbocycles. The number of halogens is 2. The molecule has 1 aromatic heterocycles. The van der Waals surface area contributed by atoms with Gasteiger partial charge in [-0.25, -0.2) is 8.42 Å². The summed E-state index contributed by atoms with van der Waals surface area (Å²) in [6.07, 6.45) is 0. The second kappa shape index (κ2) is 9.54. The Balaban J connectivity index is 1.37. The Bertz CT molecular complexity index is 1440. The number of benzene rings is 3. The lowest BCUT2D eigenvalue weighted by molar-refractivity contribution is -0.118. The minimum atomic E-state index is -3.84. The lowest BCUT2D eigenvalue weighted by atomic mass is 10.1. The summed E-state index contributed by atoms with van der Waals surface area (Å²) in [5.74, 6) is 0.728. The van der Waals surface area contributed by atoms with E-state index in [0.717, 1.165) is 19.7 Å². The number of sulfonamides is 1. The average Bonchev–Trinajstić information content (AvgIpc) is 3.17. The van der Waals surface area contributed by atoms with Gasteiger partial charge in [-0.3, -0.25) is 9.52 Å². The Morgan fingerprint density at radius 3 is 2.52 bits per heavy atom. The van der Waals surface area contributed by atoms with Crippen molar-refractivity contribution >= 4 is 70.1 Å². The molecule has 1 heterocycles. The molecule has 3 aromatic carbocycles. The van der Waals surface area contributed by atoms with Crippen LogP contribution in [-0.4, -0.2) is 26.1 Å². The van der Waals surface area contributed by atoms with Gasteiger partial charge >= 0.3 is 0 Å². The third kappa shape index (κ3) is 5.55. The van der Waals surface area contributed by atoms with E-state index in [-0.39, 0.29) is 23.2 Å². The molecule has 2 N–H and O–H groups in total. The van der Waals surface area contributed by atoms with Gasteiger partial charge in [-0.2, -0.15) is 0 Å². The molecule has 33 heavy (non-hydrogen) atoms. The highest BCUT2D eigenvalue weighted by Crippen LogP contribution is 2.34. The van der Waals surface area contributed by atoms with Crippen molar-refractivity contribution in [1.29, 1.82) is 0 Å². The van der Waals surface area contributed by atoms with Crippen molar-refractivity contribution in [3.8, 4) is 5.75 Å². The van der Waals surface area contributed by atoms with E-state index in [1.807, 2.05) is 24.3 Å². The van der Waals surface area contributed by atoms with Gasteiger partial charge in [-0.1, -0.05) is 33.2 Å². The summed E-state index contributed by atoms with van der Waals surface area (Å²) in [7, 11) is -3.84. The zero-order chi connectivity index (χ0) is 23.6. The van der Waals surface area contributed by atoms with Crippen molar-refractivity contribution in [3.05, 3.63) is 75.4 Å². The first-order valence-electron chi connectivity index (χ1n) is 9.58. The number of amides is 1. The Morgan fingerprint density at radius 2 is 1.82 bits per heavy atom. The number of anilines is 2. The fraction of sp³-hybridized carbons (Fsp3) is 0.0909. The van der Waals surface area contributed by atoms with E-state index in [9.17, 15) is 13.2 Å². The number of fused-ring (bicyclic) bond motifs is 1. The highest BCUT2D eigenvalue weighted by atomic mass is 79.9. The number of nitrogens with one attached hydrogen (secondary N) is 2. The highest BCUT2D eigenvalue weighted by Gasteiger charge is 2.16. The van der Waals surface area contributed by atoms with Crippen LogP contribution in [0.1, 0.15) is 5.76 Å². The molecule has 4 aromatic rings. The molecule has 0 saturated carbocycles. The number of nitrogens with zero attached hydrogens (tertiary/aromatic N) is 1. The maximum atomic E-state index is 12.4. The van der Waals surface area contributed by atoms with Crippen molar-refractivity contribution in [1.82, 2.24) is 5.16 Å². The molecule has 0 radical (unpaired) electrons. The van der Waals surface area contributed by atoms with E-state index in [1.54, 1.807) is 13.0 Å². The molecule has 1 amide bonds. The molecule has 0 fully saturated rings. The Labute approximate surface area is 206 Å². The van der Waals surface area contributed by atoms with E-state index in [1.165, 1.54) is 30.3 Å². The van der Waals surface area contributed by atoms with Crippen LogP contribution in [0.3, 0.4) is 0 Å². The standard InChI is InChI=1S/C22H17Br2N3O5S/c1-13-10-20(26-32-13)27-33(29,30)17-6-4-16(5-7-17)25-21(28)12-31-19-9-2-14-11-15(23)3-8-18(14)22(19)24/h2-11H,12H2,1H3,(H,25,28)(H,26,27). The van der Waals surface area contributed by atoms with Gasteiger partial charge in [0.15, 0.2) is 12.4 Å². The molecule has 0 bridgehead atoms. The van der Waals surface area contributed by atoms with E-state index in [2.05, 4.69) is 47.1 Å². The largest absolute Gasteiger partial charge is 0.483 e. The van der Waals surface area contributed by atoms with Crippen LogP contribution < -0.4 is 14.8 Å². The molecular formula is C22H17Br2N3O5S. The van der Waals surface area contributed by atoms with Gasteiger partial charge in [0.25, 0.3) is 15.9 Å². The van der Waals surface area contributed by atoms with E-state index < -0.39 is 10.0 Å². The predicted octanol–water partition coefficient (Wildman–Crippen LogP) is 5.48. The molecule has 0 unspecified atom stereocenters. The van der Waals surface area contributed by atoms with Gasteiger partial charge in [0.2, 0.25) is 0 Å². The summed E-state index contributed by atoms with van der Waals surface area (Å²) in [6, 6.07) is 16.8. The molecule has 170 valence electrons. The van der Waals surface area contributed by atoms with Gasteiger partial charge in [0.05, 0.1) is 9.37 Å². The van der Waals surface area contributed by atoms with Crippen molar-refractivity contribution in [3.63, 3.8) is 0 Å². The smallest absolute Gasteiger partial charge is 0.263 e. The number of carbonyl (C=O) groups excluding carboxylic acids is 1. The lowest BCUT2D eigenvalue weighted by Gasteiger charge is -2.11. The van der Waals surface area contributed by atoms with Crippen molar-refractivity contribution in [2.45, 2.75) is 11.8 Å². The number of hydrogen-bond acceptors (Lipinski definition) is 6. The van der Waals surface area contributed by atoms with Gasteiger partial charge in [-0.15, -0.1) is 0 Å². The molecule has 0 saturated heterocycles. The normalized spacial score (nSPS) is 11.4. The number of rotatable bonds is 7. The van der Waals surface area contributed by atoms with Crippen LogP contribution in [-0.2, 0) is 14.8 Å². The second-order valence-electron chi connectivity index (χ2n) is 7.03. The van der Waals surface area contributed by atoms with Crippen molar-refractivity contribution in [2.75, 3.05) is 16.6 Å². The quantitative estimate of drug-likeness (QED) is 0.293. The average molecular weight is 595 g/mol. The summed E-state index contributed by atoms with van der Waals surface area (Å²) in [6.45, 7) is 1.44. The first kappa shape index (κ1) is 23.3. The van der Waals surface area contributed by atoms with E-state index in [4.69, 9.17) is 9.26 Å². The lowest BCUT2D eigenvalue weighted by Crippen LogP contribution is -2.20. The summed E-state index contributed by atoms with van der Waals surface area (Å²) < 4.78 is 39.5. The Kier molecular flexibility index (Phi) is 6.73. The molecule has 0 aliphatic rings. The fourth-order valence-electron chi connectivity index (χ4n) is 3.02. The maximum absolute atomic E-state index is 12.4. The van der Waals surface area contributed by atoms with Crippen LogP contribution in [0.4, 0.5) is 11.5 Å². The van der Waals surface area contributed by atoms with Crippen LogP contribution in [0.2, 0.25) is 0 Å². The summed E-state index contributed by atoms with van der Waals surface area (Å²) in [5, 5.41) is 8.28. The van der Waals surface area contributed by atoms with Gasteiger partial charge in [0, 0.05) is 16.2 Å². The molecule has 8 nitrogen and oxygen atoms in total. The SMILES string of the molecule is Cc1cc(NS(=O)(=O)c2ccc(NC(=O)COc3ccc4cc(Br)ccc4c3Br)cc2)no1. The number of carbonyl (C=O) groups is 1. The zero-order valence-corrected chi connectivity index (χ0v) is 21.1. The van der Waals surface area contributed by atoms with Crippen LogP contribution in [0.25, 0.3) is 10.8 Å². The molecule has 4 rings (SSSR count). The third-order valence-electron chi connectivity index (χ3n) is 4.55. The topological polar surface area (TPSA) is 111 Å². The van der Waals surface area contributed by atoms with Crippen LogP contribution >= 0.6 is 31.9 Å². The molecule has 0 spiro atoms. The monoisotopic (exact) mass is 593 g/mol. The third-order valence-corrected chi connectivity index (χ3v) is 7.24. The molecule has 0 aliphatic heterocycles. The second-order valence-corrected chi connectivity index (χ2v) is 10.4. The van der Waals surface area contributed by atoms with Crippen molar-refractivity contribution < 1.29 is 22.5 Å². The first-order chi connectivity index (χ1) is 15.7. The number of aryl methyl sites for hydroxylation is 1. The fourth-order valence-corrected chi connectivity index (χ4v) is 4.99. The molecule has 11 heteroatoms. The maximum Gasteiger partial charge on any atom is 0.263 e. The minimum Gasteiger partial charge on any atom is -0.483 e. The molecular weight excluding hydrogens is 578 g/mol. The predicted molar refractivity (Wildman–Crippen MR) is 132 cm³/mol. The zero-order valence-electron chi connectivity index (χ0n) is 17.1. The van der Waals surface area contributed by atoms with Crippen molar-refractivity contribution in [2.24, 2.45) is 0 Å². The van der Waals surface area contributed by atoms with E-state index >= 15 is 0 Å². The van der Waals surface area contributed by atoms with Gasteiger partial charge in [0.1, 0.15) is 11.5 Å². The van der Waals surface area contributed by atoms with Crippen LogP contribution in [0.15, 0.2) is 79.0 Å². The highest BCUT2D eigenvalue weighted by molar-refractivity contribution is 9.11. The number of aromatic nitrogens is 1. The first-order valence-corrected chi connectivity index (χ1v) is 12.6. The van der Waals surface area contributed by atoms with Crippen LogP contribution in [0.5, 0.6) is 5.75 Å².